The molecule has 35 heavy (non-hydrogen) atoms. The summed E-state index contributed by atoms with van der Waals surface area (Å²) in [5.41, 5.74) is -0.0113. The average Bonchev–Trinajstić information content (AvgIpc) is 3.04. The molecule has 0 saturated heterocycles. The van der Waals surface area contributed by atoms with E-state index in [1.807, 2.05) is 0 Å². The van der Waals surface area contributed by atoms with E-state index in [0.29, 0.717) is 30.3 Å². The number of unbranched alkanes of at least 4 members (excludes halogenated alkanes) is 10. The number of rotatable bonds is 18. The maximum atomic E-state index is 12.5. The first kappa shape index (κ1) is 28.4. The second-order valence-electron chi connectivity index (χ2n) is 8.94. The quantitative estimate of drug-likeness (QED) is 0.161. The molecule has 5 heteroatoms. The van der Waals surface area contributed by atoms with E-state index in [1.165, 1.54) is 63.5 Å². The summed E-state index contributed by atoms with van der Waals surface area (Å²) in [6.07, 6.45) is 14.7. The smallest absolute Gasteiger partial charge is 0.343 e. The van der Waals surface area contributed by atoms with Crippen molar-refractivity contribution in [2.45, 2.75) is 90.9 Å². The van der Waals surface area contributed by atoms with Crippen LogP contribution in [0.2, 0.25) is 0 Å². The van der Waals surface area contributed by atoms with Crippen LogP contribution >= 0.6 is 0 Å². The molecule has 2 aromatic carbocycles. The molecule has 0 aliphatic heterocycles. The summed E-state index contributed by atoms with van der Waals surface area (Å²) in [6, 6.07) is 12.9. The Hall–Kier alpha value is -2.82. The lowest BCUT2D eigenvalue weighted by atomic mass is 10.1. The fourth-order valence-electron chi connectivity index (χ4n) is 3.68. The highest BCUT2D eigenvalue weighted by atomic mass is 16.5. The van der Waals surface area contributed by atoms with Gasteiger partial charge in [-0.3, -0.25) is 4.79 Å². The molecule has 0 spiro atoms. The van der Waals surface area contributed by atoms with Gasteiger partial charge in [0.2, 0.25) is 5.43 Å². The molecule has 5 nitrogen and oxygen atoms in total. The number of carbonyl (C=O) groups is 1. The number of hydrogen-bond acceptors (Lipinski definition) is 5. The Balaban J connectivity index is 1.72. The van der Waals surface area contributed by atoms with Crippen LogP contribution in [0.4, 0.5) is 0 Å². The van der Waals surface area contributed by atoms with Gasteiger partial charge in [-0.1, -0.05) is 78.1 Å². The maximum absolute atomic E-state index is 12.5. The van der Waals surface area contributed by atoms with Crippen molar-refractivity contribution in [2.75, 3.05) is 13.2 Å². The highest BCUT2D eigenvalue weighted by molar-refractivity contribution is 5.91. The topological polar surface area (TPSA) is 61.8 Å². The van der Waals surface area contributed by atoms with Crippen molar-refractivity contribution in [1.29, 1.82) is 0 Å². The number of ether oxygens (including phenoxy) is 3. The predicted octanol–water partition coefficient (Wildman–Crippen LogP) is 7.74. The molecule has 0 aromatic heterocycles. The highest BCUT2D eigenvalue weighted by Gasteiger charge is 2.11. The molecule has 0 radical (unpaired) electrons. The summed E-state index contributed by atoms with van der Waals surface area (Å²) in [4.78, 5) is 24.8. The fourth-order valence-corrected chi connectivity index (χ4v) is 3.68. The molecule has 0 N–H and O–H groups in total. The zero-order chi connectivity index (χ0) is 25.1. The number of carbonyl (C=O) groups excluding carboxylic acids is 1. The first-order valence-electron chi connectivity index (χ1n) is 13.4. The van der Waals surface area contributed by atoms with Gasteiger partial charge >= 0.3 is 5.97 Å². The van der Waals surface area contributed by atoms with Gasteiger partial charge < -0.3 is 14.2 Å². The molecule has 0 aliphatic rings. The fraction of sp³-hybridized carbons (Fsp3) is 0.533. The number of hydrogen-bond donors (Lipinski definition) is 0. The van der Waals surface area contributed by atoms with Crippen LogP contribution in [-0.2, 0) is 0 Å². The Labute approximate surface area is 210 Å². The molecular weight excluding hydrogens is 440 g/mol. The van der Waals surface area contributed by atoms with Crippen LogP contribution in [0.3, 0.4) is 0 Å². The van der Waals surface area contributed by atoms with Crippen molar-refractivity contribution < 1.29 is 19.0 Å². The van der Waals surface area contributed by atoms with Crippen LogP contribution < -0.4 is 19.6 Å². The molecule has 0 amide bonds. The van der Waals surface area contributed by atoms with Gasteiger partial charge in [-0.05, 0) is 61.4 Å². The Morgan fingerprint density at radius 3 is 1.69 bits per heavy atom. The van der Waals surface area contributed by atoms with Crippen molar-refractivity contribution in [1.82, 2.24) is 0 Å². The Kier molecular flexibility index (Phi) is 14.3. The van der Waals surface area contributed by atoms with Crippen molar-refractivity contribution in [3.8, 4) is 17.2 Å². The Bertz CT molecular complexity index is 907. The standard InChI is InChI=1S/C30H42O5/c1-3-5-7-8-9-10-11-12-13-14-24-34-27-19-21-28(31)29(22-20-27)35-30(32)25-15-17-26(18-16-25)33-23-6-4-2/h15-22H,3-14,23-24H2,1-2H3. The van der Waals surface area contributed by atoms with Gasteiger partial charge in [-0.25, -0.2) is 4.79 Å². The van der Waals surface area contributed by atoms with Crippen molar-refractivity contribution in [2.24, 2.45) is 0 Å². The molecule has 2 rings (SSSR count). The van der Waals surface area contributed by atoms with E-state index in [1.54, 1.807) is 36.4 Å². The summed E-state index contributed by atoms with van der Waals surface area (Å²) in [5.74, 6) is 0.692. The van der Waals surface area contributed by atoms with Gasteiger partial charge in [0, 0.05) is 0 Å². The minimum absolute atomic E-state index is 0.0212. The van der Waals surface area contributed by atoms with E-state index in [-0.39, 0.29) is 11.2 Å². The monoisotopic (exact) mass is 482 g/mol. The summed E-state index contributed by atoms with van der Waals surface area (Å²) >= 11 is 0. The largest absolute Gasteiger partial charge is 0.494 e. The minimum Gasteiger partial charge on any atom is -0.494 e. The molecule has 2 aromatic rings. The summed E-state index contributed by atoms with van der Waals surface area (Å²) in [6.45, 7) is 5.60. The summed E-state index contributed by atoms with van der Waals surface area (Å²) < 4.78 is 16.8. The lowest BCUT2D eigenvalue weighted by Crippen LogP contribution is -2.13. The second-order valence-corrected chi connectivity index (χ2v) is 8.94. The molecule has 0 atom stereocenters. The molecule has 192 valence electrons. The average molecular weight is 483 g/mol. The van der Waals surface area contributed by atoms with E-state index in [9.17, 15) is 9.59 Å². The number of benzene rings is 1. The third-order valence-electron chi connectivity index (χ3n) is 5.87. The molecular formula is C30H42O5. The highest BCUT2D eigenvalue weighted by Crippen LogP contribution is 2.16. The summed E-state index contributed by atoms with van der Waals surface area (Å²) in [7, 11) is 0. The molecule has 0 aliphatic carbocycles. The second kappa shape index (κ2) is 17.6. The van der Waals surface area contributed by atoms with Crippen LogP contribution in [0.5, 0.6) is 17.2 Å². The zero-order valence-corrected chi connectivity index (χ0v) is 21.6. The van der Waals surface area contributed by atoms with E-state index >= 15 is 0 Å². The first-order valence-corrected chi connectivity index (χ1v) is 13.4. The first-order chi connectivity index (χ1) is 17.1. The van der Waals surface area contributed by atoms with Crippen LogP contribution in [-0.4, -0.2) is 19.2 Å². The van der Waals surface area contributed by atoms with Gasteiger partial charge in [-0.15, -0.1) is 0 Å². The minimum atomic E-state index is -0.582. The van der Waals surface area contributed by atoms with Gasteiger partial charge in [0.15, 0.2) is 5.75 Å². The van der Waals surface area contributed by atoms with Crippen molar-refractivity contribution >= 4 is 5.97 Å². The van der Waals surface area contributed by atoms with E-state index in [2.05, 4.69) is 13.8 Å². The van der Waals surface area contributed by atoms with Gasteiger partial charge in [-0.2, -0.15) is 0 Å². The predicted molar refractivity (Wildman–Crippen MR) is 142 cm³/mol. The van der Waals surface area contributed by atoms with Crippen LogP contribution in [0, 0.1) is 0 Å². The van der Waals surface area contributed by atoms with Crippen LogP contribution in [0.1, 0.15) is 101 Å². The van der Waals surface area contributed by atoms with Gasteiger partial charge in [0.25, 0.3) is 0 Å². The van der Waals surface area contributed by atoms with E-state index in [0.717, 1.165) is 25.7 Å². The van der Waals surface area contributed by atoms with Gasteiger partial charge in [0.1, 0.15) is 11.5 Å². The van der Waals surface area contributed by atoms with Crippen LogP contribution in [0.25, 0.3) is 0 Å². The lowest BCUT2D eigenvalue weighted by molar-refractivity contribution is 0.0733. The normalized spacial score (nSPS) is 10.7. The molecule has 0 bridgehead atoms. The molecule has 0 unspecified atom stereocenters. The van der Waals surface area contributed by atoms with Crippen molar-refractivity contribution in [3.63, 3.8) is 0 Å². The third kappa shape index (κ3) is 11.9. The van der Waals surface area contributed by atoms with Crippen LogP contribution in [0.15, 0.2) is 53.3 Å². The lowest BCUT2D eigenvalue weighted by Gasteiger charge is -2.06. The maximum Gasteiger partial charge on any atom is 0.343 e. The SMILES string of the molecule is CCCCCCCCCCCCOc1ccc(OC(=O)c2ccc(OCCCC)cc2)c(=O)cc1. The molecule has 0 heterocycles. The molecule has 0 fully saturated rings. The summed E-state index contributed by atoms with van der Waals surface area (Å²) in [5, 5.41) is 0. The van der Waals surface area contributed by atoms with E-state index in [4.69, 9.17) is 14.2 Å². The Morgan fingerprint density at radius 1 is 0.600 bits per heavy atom. The molecule has 0 saturated carbocycles. The Morgan fingerprint density at radius 2 is 1.09 bits per heavy atom. The third-order valence-corrected chi connectivity index (χ3v) is 5.87. The van der Waals surface area contributed by atoms with Crippen molar-refractivity contribution in [3.05, 3.63) is 64.3 Å². The van der Waals surface area contributed by atoms with E-state index < -0.39 is 5.97 Å². The zero-order valence-electron chi connectivity index (χ0n) is 21.6. The number of esters is 1. The van der Waals surface area contributed by atoms with Gasteiger partial charge in [0.05, 0.1) is 18.8 Å².